The number of likely N-dealkylation sites (tertiary alicyclic amines) is 1. The van der Waals surface area contributed by atoms with Gasteiger partial charge in [0.05, 0.1) is 16.4 Å². The van der Waals surface area contributed by atoms with Gasteiger partial charge in [0.25, 0.3) is 0 Å². The zero-order valence-corrected chi connectivity index (χ0v) is 14.9. The summed E-state index contributed by atoms with van der Waals surface area (Å²) in [7, 11) is -3.28. The molecule has 2 aromatic heterocycles. The van der Waals surface area contributed by atoms with E-state index in [0.717, 1.165) is 35.5 Å². The number of hydrogen-bond donors (Lipinski definition) is 0. The maximum absolute atomic E-state index is 13.0. The molecule has 0 unspecified atom stereocenters. The number of furan rings is 1. The number of benzene rings is 1. The summed E-state index contributed by atoms with van der Waals surface area (Å²) in [6, 6.07) is 13.3. The van der Waals surface area contributed by atoms with E-state index < -0.39 is 9.84 Å². The summed E-state index contributed by atoms with van der Waals surface area (Å²) in [6.07, 6.45) is 5.18. The van der Waals surface area contributed by atoms with Crippen molar-refractivity contribution in [2.45, 2.75) is 22.6 Å². The van der Waals surface area contributed by atoms with E-state index in [2.05, 4.69) is 9.88 Å². The van der Waals surface area contributed by atoms with E-state index in [0.29, 0.717) is 11.4 Å². The van der Waals surface area contributed by atoms with Gasteiger partial charge < -0.3 is 4.42 Å². The van der Waals surface area contributed by atoms with Crippen molar-refractivity contribution in [1.29, 1.82) is 0 Å². The van der Waals surface area contributed by atoms with Crippen LogP contribution in [0.5, 0.6) is 0 Å². The molecule has 5 nitrogen and oxygen atoms in total. The van der Waals surface area contributed by atoms with Crippen LogP contribution in [0.25, 0.3) is 11.3 Å². The Morgan fingerprint density at radius 2 is 1.96 bits per heavy atom. The molecule has 2 atom stereocenters. The van der Waals surface area contributed by atoms with E-state index in [1.54, 1.807) is 24.7 Å². The van der Waals surface area contributed by atoms with Crippen molar-refractivity contribution in [2.75, 3.05) is 13.1 Å². The van der Waals surface area contributed by atoms with Crippen LogP contribution in [0.4, 0.5) is 0 Å². The lowest BCUT2D eigenvalue weighted by molar-refractivity contribution is 0.325. The van der Waals surface area contributed by atoms with E-state index in [4.69, 9.17) is 4.42 Å². The molecule has 0 spiro atoms. The van der Waals surface area contributed by atoms with Crippen LogP contribution in [0, 0.1) is 0 Å². The zero-order chi connectivity index (χ0) is 17.7. The molecule has 0 aliphatic carbocycles. The predicted octanol–water partition coefficient (Wildman–Crippen LogP) is 3.10. The summed E-state index contributed by atoms with van der Waals surface area (Å²) in [5.41, 5.74) is 3.01. The summed E-state index contributed by atoms with van der Waals surface area (Å²) >= 11 is 0. The minimum Gasteiger partial charge on any atom is -0.464 e. The summed E-state index contributed by atoms with van der Waals surface area (Å²) in [4.78, 5) is 6.76. The predicted molar refractivity (Wildman–Crippen MR) is 97.4 cm³/mol. The lowest BCUT2D eigenvalue weighted by Gasteiger charge is -2.17. The molecule has 2 aliphatic heterocycles. The number of hydrogen-bond acceptors (Lipinski definition) is 5. The minimum absolute atomic E-state index is 0.0201. The summed E-state index contributed by atoms with van der Waals surface area (Å²) < 4.78 is 31.5. The Kier molecular flexibility index (Phi) is 3.52. The average Bonchev–Trinajstić information content (AvgIpc) is 3.35. The van der Waals surface area contributed by atoms with Crippen LogP contribution in [-0.2, 0) is 16.4 Å². The van der Waals surface area contributed by atoms with Crippen molar-refractivity contribution in [2.24, 2.45) is 0 Å². The van der Waals surface area contributed by atoms with Crippen molar-refractivity contribution in [3.63, 3.8) is 0 Å². The van der Waals surface area contributed by atoms with Gasteiger partial charge in [-0.2, -0.15) is 0 Å². The van der Waals surface area contributed by atoms with Gasteiger partial charge in [0.1, 0.15) is 5.76 Å². The van der Waals surface area contributed by atoms with Gasteiger partial charge in [-0.1, -0.05) is 0 Å². The van der Waals surface area contributed by atoms with Crippen LogP contribution >= 0.6 is 0 Å². The molecule has 0 amide bonds. The molecule has 26 heavy (non-hydrogen) atoms. The highest BCUT2D eigenvalue weighted by Crippen LogP contribution is 2.46. The van der Waals surface area contributed by atoms with E-state index in [9.17, 15) is 8.42 Å². The van der Waals surface area contributed by atoms with Crippen molar-refractivity contribution in [3.8, 4) is 11.3 Å². The molecule has 132 valence electrons. The Bertz CT molecular complexity index is 1050. The quantitative estimate of drug-likeness (QED) is 0.713. The first-order valence-electron chi connectivity index (χ1n) is 8.66. The van der Waals surface area contributed by atoms with Crippen LogP contribution in [0.2, 0.25) is 0 Å². The second kappa shape index (κ2) is 5.79. The summed E-state index contributed by atoms with van der Waals surface area (Å²) in [6.45, 7) is 2.07. The molecule has 3 aromatic rings. The molecule has 1 saturated heterocycles. The van der Waals surface area contributed by atoms with Crippen molar-refractivity contribution in [3.05, 3.63) is 72.2 Å². The van der Waals surface area contributed by atoms with E-state index >= 15 is 0 Å². The number of sulfone groups is 1. The highest BCUT2D eigenvalue weighted by Gasteiger charge is 2.50. The molecule has 1 aromatic carbocycles. The second-order valence-corrected chi connectivity index (χ2v) is 9.10. The Labute approximate surface area is 152 Å². The van der Waals surface area contributed by atoms with Gasteiger partial charge >= 0.3 is 0 Å². The fourth-order valence-electron chi connectivity index (χ4n) is 4.20. The third-order valence-corrected chi connectivity index (χ3v) is 7.68. The molecule has 4 heterocycles. The third kappa shape index (κ3) is 2.40. The third-order valence-electron chi connectivity index (χ3n) is 5.42. The highest BCUT2D eigenvalue weighted by molar-refractivity contribution is 7.92. The summed E-state index contributed by atoms with van der Waals surface area (Å²) in [5.74, 6) is 0.784. The van der Waals surface area contributed by atoms with Gasteiger partial charge in [0.15, 0.2) is 9.84 Å². The van der Waals surface area contributed by atoms with Gasteiger partial charge in [-0.3, -0.25) is 9.88 Å². The monoisotopic (exact) mass is 366 g/mol. The molecule has 0 saturated carbocycles. The van der Waals surface area contributed by atoms with Gasteiger partial charge in [0, 0.05) is 43.5 Å². The van der Waals surface area contributed by atoms with Crippen LogP contribution in [0.3, 0.4) is 0 Å². The number of rotatable bonds is 3. The highest BCUT2D eigenvalue weighted by atomic mass is 32.2. The first-order valence-corrected chi connectivity index (χ1v) is 10.2. The van der Waals surface area contributed by atoms with Gasteiger partial charge in [-0.15, -0.1) is 0 Å². The number of aromatic nitrogens is 1. The van der Waals surface area contributed by atoms with Crippen LogP contribution < -0.4 is 0 Å². The normalized spacial score (nSPS) is 23.7. The smallest absolute Gasteiger partial charge is 0.183 e. The standard InChI is InChI=1S/C20H18N2O3S/c23-26(24)19-4-3-15(18-2-1-9-25-18)10-16(19)17-12-22(13-20(17)26)11-14-5-7-21-8-6-14/h1-10,17,20H,11-13H2/t17-,20+/m0/s1. The SMILES string of the molecule is O=S1(=O)c2ccc(-c3ccco3)cc2[C@@H]2CN(Cc3ccncc3)C[C@H]21. The van der Waals surface area contributed by atoms with E-state index in [-0.39, 0.29) is 11.2 Å². The Hall–Kier alpha value is -2.44. The molecule has 1 fully saturated rings. The Balaban J connectivity index is 1.49. The first-order chi connectivity index (χ1) is 12.6. The fourth-order valence-corrected chi connectivity index (χ4v) is 6.39. The topological polar surface area (TPSA) is 63.4 Å². The molecule has 0 bridgehead atoms. The van der Waals surface area contributed by atoms with E-state index in [1.807, 2.05) is 36.4 Å². The lowest BCUT2D eigenvalue weighted by atomic mass is 9.96. The number of fused-ring (bicyclic) bond motifs is 3. The number of nitrogens with zero attached hydrogens (tertiary/aromatic N) is 2. The lowest BCUT2D eigenvalue weighted by Crippen LogP contribution is -2.25. The fraction of sp³-hybridized carbons (Fsp3) is 0.250. The second-order valence-electron chi connectivity index (χ2n) is 6.97. The molecule has 5 rings (SSSR count). The number of pyridine rings is 1. The van der Waals surface area contributed by atoms with Crippen LogP contribution in [0.1, 0.15) is 17.0 Å². The Morgan fingerprint density at radius 3 is 2.73 bits per heavy atom. The zero-order valence-electron chi connectivity index (χ0n) is 14.1. The molecule has 0 N–H and O–H groups in total. The van der Waals surface area contributed by atoms with Crippen LogP contribution in [-0.4, -0.2) is 36.6 Å². The molecular weight excluding hydrogens is 348 g/mol. The van der Waals surface area contributed by atoms with Crippen molar-refractivity contribution in [1.82, 2.24) is 9.88 Å². The molecule has 2 aliphatic rings. The largest absolute Gasteiger partial charge is 0.464 e. The first kappa shape index (κ1) is 15.8. The van der Waals surface area contributed by atoms with Crippen LogP contribution in [0.15, 0.2) is 70.4 Å². The maximum atomic E-state index is 13.0. The molecule has 0 radical (unpaired) electrons. The van der Waals surface area contributed by atoms with Gasteiger partial charge in [0.2, 0.25) is 0 Å². The van der Waals surface area contributed by atoms with Crippen molar-refractivity contribution >= 4 is 9.84 Å². The summed E-state index contributed by atoms with van der Waals surface area (Å²) in [5, 5.41) is -0.355. The van der Waals surface area contributed by atoms with Crippen molar-refractivity contribution < 1.29 is 12.8 Å². The average molecular weight is 366 g/mol. The molecule has 6 heteroatoms. The van der Waals surface area contributed by atoms with Gasteiger partial charge in [-0.05, 0) is 53.6 Å². The van der Waals surface area contributed by atoms with Gasteiger partial charge in [-0.25, -0.2) is 8.42 Å². The minimum atomic E-state index is -3.28. The molecular formula is C20H18N2O3S. The van der Waals surface area contributed by atoms with E-state index in [1.165, 1.54) is 0 Å². The Morgan fingerprint density at radius 1 is 1.12 bits per heavy atom. The maximum Gasteiger partial charge on any atom is 0.183 e.